The highest BCUT2D eigenvalue weighted by Gasteiger charge is 2.02. The van der Waals surface area contributed by atoms with Gasteiger partial charge in [0.05, 0.1) is 6.42 Å². The molecule has 0 saturated carbocycles. The van der Waals surface area contributed by atoms with Gasteiger partial charge in [0, 0.05) is 12.4 Å². The Morgan fingerprint density at radius 2 is 1.82 bits per heavy atom. The third-order valence-electron chi connectivity index (χ3n) is 2.03. The average molecular weight is 230 g/mol. The number of aromatic nitrogens is 2. The molecule has 2 rings (SSSR count). The van der Waals surface area contributed by atoms with E-state index < -0.39 is 5.97 Å². The smallest absolute Gasteiger partial charge is 0.321 e. The first-order valence-corrected chi connectivity index (χ1v) is 4.99. The predicted molar refractivity (Wildman–Crippen MR) is 59.9 cm³/mol. The zero-order valence-corrected chi connectivity index (χ0v) is 8.91. The van der Waals surface area contributed by atoms with Crippen molar-refractivity contribution in [2.24, 2.45) is 0 Å². The second-order valence-electron chi connectivity index (χ2n) is 3.35. The van der Waals surface area contributed by atoms with Gasteiger partial charge in [0.25, 0.3) is 0 Å². The number of carbonyl (C=O) groups is 1. The number of rotatable bonds is 4. The molecule has 86 valence electrons. The molecule has 0 atom stereocenters. The Morgan fingerprint density at radius 3 is 2.41 bits per heavy atom. The molecule has 0 aliphatic rings. The van der Waals surface area contributed by atoms with Crippen LogP contribution in [-0.2, 0) is 11.2 Å². The van der Waals surface area contributed by atoms with Crippen molar-refractivity contribution in [2.45, 2.75) is 6.42 Å². The molecule has 5 heteroatoms. The van der Waals surface area contributed by atoms with E-state index in [4.69, 9.17) is 9.84 Å². The van der Waals surface area contributed by atoms with Crippen LogP contribution in [0.25, 0.3) is 0 Å². The number of hydrogen-bond donors (Lipinski definition) is 1. The van der Waals surface area contributed by atoms with Gasteiger partial charge in [-0.25, -0.2) is 9.97 Å². The maximum Gasteiger partial charge on any atom is 0.321 e. The summed E-state index contributed by atoms with van der Waals surface area (Å²) in [6.07, 6.45) is 3.17. The topological polar surface area (TPSA) is 72.3 Å². The molecule has 1 aromatic heterocycles. The molecular weight excluding hydrogens is 220 g/mol. The minimum Gasteiger partial charge on any atom is -0.481 e. The Labute approximate surface area is 97.7 Å². The van der Waals surface area contributed by atoms with Crippen molar-refractivity contribution in [1.29, 1.82) is 0 Å². The number of ether oxygens (including phenoxy) is 1. The second kappa shape index (κ2) is 5.07. The van der Waals surface area contributed by atoms with Crippen LogP contribution in [0.5, 0.6) is 11.8 Å². The van der Waals surface area contributed by atoms with Gasteiger partial charge >= 0.3 is 12.0 Å². The third-order valence-corrected chi connectivity index (χ3v) is 2.03. The van der Waals surface area contributed by atoms with Gasteiger partial charge in [0.1, 0.15) is 5.75 Å². The van der Waals surface area contributed by atoms with Crippen LogP contribution >= 0.6 is 0 Å². The number of carboxylic acids is 1. The summed E-state index contributed by atoms with van der Waals surface area (Å²) in [7, 11) is 0. The van der Waals surface area contributed by atoms with E-state index in [0.717, 1.165) is 5.56 Å². The fraction of sp³-hybridized carbons (Fsp3) is 0.0833. The number of carboxylic acid groups (broad SMARTS) is 1. The summed E-state index contributed by atoms with van der Waals surface area (Å²) in [5.74, 6) is -0.282. The molecule has 17 heavy (non-hydrogen) atoms. The molecule has 1 N–H and O–H groups in total. The Morgan fingerprint density at radius 1 is 1.18 bits per heavy atom. The average Bonchev–Trinajstić information content (AvgIpc) is 2.32. The van der Waals surface area contributed by atoms with E-state index in [9.17, 15) is 4.79 Å². The highest BCUT2D eigenvalue weighted by atomic mass is 16.5. The third kappa shape index (κ3) is 3.27. The molecule has 5 nitrogen and oxygen atoms in total. The molecule has 0 aliphatic heterocycles. The summed E-state index contributed by atoms with van der Waals surface area (Å²) >= 11 is 0. The van der Waals surface area contributed by atoms with Gasteiger partial charge in [0.15, 0.2) is 0 Å². The second-order valence-corrected chi connectivity index (χ2v) is 3.35. The normalized spacial score (nSPS) is 9.88. The Balaban J connectivity index is 2.06. The lowest BCUT2D eigenvalue weighted by atomic mass is 10.1. The zero-order valence-electron chi connectivity index (χ0n) is 8.91. The number of aliphatic carboxylic acids is 1. The lowest BCUT2D eigenvalue weighted by Gasteiger charge is -2.03. The summed E-state index contributed by atoms with van der Waals surface area (Å²) < 4.78 is 5.37. The van der Waals surface area contributed by atoms with Crippen molar-refractivity contribution in [3.05, 3.63) is 48.3 Å². The lowest BCUT2D eigenvalue weighted by molar-refractivity contribution is -0.136. The van der Waals surface area contributed by atoms with E-state index >= 15 is 0 Å². The van der Waals surface area contributed by atoms with Crippen molar-refractivity contribution in [1.82, 2.24) is 9.97 Å². The molecule has 0 aliphatic carbocycles. The lowest BCUT2D eigenvalue weighted by Crippen LogP contribution is -1.99. The van der Waals surface area contributed by atoms with E-state index in [2.05, 4.69) is 9.97 Å². The predicted octanol–water partition coefficient (Wildman–Crippen LogP) is 1.90. The van der Waals surface area contributed by atoms with Crippen LogP contribution in [0, 0.1) is 0 Å². The van der Waals surface area contributed by atoms with Crippen LogP contribution in [0.4, 0.5) is 0 Å². The van der Waals surface area contributed by atoms with E-state index in [-0.39, 0.29) is 12.4 Å². The molecule has 0 radical (unpaired) electrons. The highest BCUT2D eigenvalue weighted by molar-refractivity contribution is 5.70. The summed E-state index contributed by atoms with van der Waals surface area (Å²) in [5, 5.41) is 8.62. The van der Waals surface area contributed by atoms with Crippen LogP contribution < -0.4 is 4.74 Å². The van der Waals surface area contributed by atoms with Crippen LogP contribution in [0.15, 0.2) is 42.7 Å². The molecule has 1 heterocycles. The van der Waals surface area contributed by atoms with Gasteiger partial charge in [0.2, 0.25) is 0 Å². The number of nitrogens with zero attached hydrogens (tertiary/aromatic N) is 2. The van der Waals surface area contributed by atoms with Crippen LogP contribution in [-0.4, -0.2) is 21.0 Å². The van der Waals surface area contributed by atoms with E-state index in [1.54, 1.807) is 42.7 Å². The van der Waals surface area contributed by atoms with Crippen LogP contribution in [0.3, 0.4) is 0 Å². The Hall–Kier alpha value is -2.43. The largest absolute Gasteiger partial charge is 0.481 e. The first-order valence-electron chi connectivity index (χ1n) is 4.99. The van der Waals surface area contributed by atoms with Gasteiger partial charge < -0.3 is 9.84 Å². The summed E-state index contributed by atoms with van der Waals surface area (Å²) in [6.45, 7) is 0. The van der Waals surface area contributed by atoms with Gasteiger partial charge in [-0.05, 0) is 23.8 Å². The standard InChI is InChI=1S/C12H10N2O3/c15-11(16)8-9-2-4-10(5-3-9)17-12-13-6-1-7-14-12/h1-7H,8H2,(H,15,16). The molecule has 1 aromatic carbocycles. The van der Waals surface area contributed by atoms with E-state index in [0.29, 0.717) is 5.75 Å². The summed E-state index contributed by atoms with van der Waals surface area (Å²) in [6, 6.07) is 8.74. The quantitative estimate of drug-likeness (QED) is 0.868. The van der Waals surface area contributed by atoms with Crippen molar-refractivity contribution in [2.75, 3.05) is 0 Å². The summed E-state index contributed by atoms with van der Waals surface area (Å²) in [5.41, 5.74) is 0.721. The molecule has 0 amide bonds. The molecule has 0 spiro atoms. The van der Waals surface area contributed by atoms with E-state index in [1.807, 2.05) is 0 Å². The van der Waals surface area contributed by atoms with Gasteiger partial charge in [-0.2, -0.15) is 0 Å². The van der Waals surface area contributed by atoms with Gasteiger partial charge in [-0.3, -0.25) is 4.79 Å². The van der Waals surface area contributed by atoms with Crippen LogP contribution in [0.1, 0.15) is 5.56 Å². The van der Waals surface area contributed by atoms with Gasteiger partial charge in [-0.1, -0.05) is 12.1 Å². The van der Waals surface area contributed by atoms with Crippen molar-refractivity contribution >= 4 is 5.97 Å². The van der Waals surface area contributed by atoms with Crippen molar-refractivity contribution in [3.8, 4) is 11.8 Å². The van der Waals surface area contributed by atoms with Crippen LogP contribution in [0.2, 0.25) is 0 Å². The zero-order chi connectivity index (χ0) is 12.1. The molecule has 0 fully saturated rings. The Kier molecular flexibility index (Phi) is 3.30. The minimum atomic E-state index is -0.856. The molecule has 0 unspecified atom stereocenters. The van der Waals surface area contributed by atoms with E-state index in [1.165, 1.54) is 0 Å². The molecule has 0 bridgehead atoms. The van der Waals surface area contributed by atoms with Crippen molar-refractivity contribution < 1.29 is 14.6 Å². The first-order chi connectivity index (χ1) is 8.24. The number of hydrogen-bond acceptors (Lipinski definition) is 4. The van der Waals surface area contributed by atoms with Crippen molar-refractivity contribution in [3.63, 3.8) is 0 Å². The molecule has 2 aromatic rings. The van der Waals surface area contributed by atoms with Gasteiger partial charge in [-0.15, -0.1) is 0 Å². The fourth-order valence-electron chi connectivity index (χ4n) is 1.29. The monoisotopic (exact) mass is 230 g/mol. The minimum absolute atomic E-state index is 0.00210. The first kappa shape index (κ1) is 11.1. The number of benzene rings is 1. The highest BCUT2D eigenvalue weighted by Crippen LogP contribution is 2.17. The SMILES string of the molecule is O=C(O)Cc1ccc(Oc2ncccn2)cc1. The maximum absolute atomic E-state index is 10.5. The molecular formula is C12H10N2O3. The fourth-order valence-corrected chi connectivity index (χ4v) is 1.29. The maximum atomic E-state index is 10.5. The molecule has 0 saturated heterocycles. The Bertz CT molecular complexity index is 497. The summed E-state index contributed by atoms with van der Waals surface area (Å²) in [4.78, 5) is 18.3.